The van der Waals surface area contributed by atoms with Gasteiger partial charge in [0.25, 0.3) is 0 Å². The van der Waals surface area contributed by atoms with Crippen molar-refractivity contribution in [3.8, 4) is 11.1 Å². The van der Waals surface area contributed by atoms with Crippen molar-refractivity contribution in [1.29, 1.82) is 0 Å². The van der Waals surface area contributed by atoms with Crippen LogP contribution in [0, 0.1) is 0 Å². The highest BCUT2D eigenvalue weighted by Crippen LogP contribution is 2.48. The smallest absolute Gasteiger partial charge is 0.0339 e. The molecule has 0 saturated carbocycles. The zero-order valence-corrected chi connectivity index (χ0v) is 11.4. The van der Waals surface area contributed by atoms with Crippen molar-refractivity contribution < 1.29 is 0 Å². The zero-order valence-electron chi connectivity index (χ0n) is 9.28. The molecule has 4 rings (SSSR count). The second-order valence-electron chi connectivity index (χ2n) is 4.69. The zero-order chi connectivity index (χ0) is 11.4. The number of benzene rings is 2. The van der Waals surface area contributed by atoms with Crippen LogP contribution >= 0.6 is 22.6 Å². The van der Waals surface area contributed by atoms with Crippen LogP contribution in [-0.2, 0) is 6.42 Å². The van der Waals surface area contributed by atoms with Crippen molar-refractivity contribution in [2.45, 2.75) is 10.3 Å². The van der Waals surface area contributed by atoms with Crippen LogP contribution in [0.2, 0.25) is 0 Å². The van der Waals surface area contributed by atoms with E-state index in [4.69, 9.17) is 0 Å². The van der Waals surface area contributed by atoms with Gasteiger partial charge < -0.3 is 0 Å². The molecule has 0 nitrogen and oxygen atoms in total. The predicted molar refractivity (Wildman–Crippen MR) is 80.5 cm³/mol. The molecule has 0 heterocycles. The van der Waals surface area contributed by atoms with E-state index in [1.165, 1.54) is 39.8 Å². The second-order valence-corrected chi connectivity index (χ2v) is 6.29. The number of rotatable bonds is 0. The minimum atomic E-state index is 0.622. The molecule has 2 aromatic rings. The Morgan fingerprint density at radius 2 is 1.65 bits per heavy atom. The van der Waals surface area contributed by atoms with Gasteiger partial charge in [0, 0.05) is 3.92 Å². The molecular formula is C16H11I. The normalized spacial score (nSPS) is 19.6. The van der Waals surface area contributed by atoms with Gasteiger partial charge >= 0.3 is 0 Å². The first-order valence-electron chi connectivity index (χ1n) is 5.92. The van der Waals surface area contributed by atoms with Gasteiger partial charge in [-0.2, -0.15) is 0 Å². The molecule has 1 heteroatoms. The summed E-state index contributed by atoms with van der Waals surface area (Å²) in [6.07, 6.45) is 3.60. The molecule has 17 heavy (non-hydrogen) atoms. The Kier molecular flexibility index (Phi) is 2.01. The Morgan fingerprint density at radius 1 is 0.882 bits per heavy atom. The molecule has 2 aliphatic rings. The van der Waals surface area contributed by atoms with Gasteiger partial charge in [0.2, 0.25) is 0 Å². The fourth-order valence-electron chi connectivity index (χ4n) is 3.02. The van der Waals surface area contributed by atoms with Crippen molar-refractivity contribution in [2.75, 3.05) is 0 Å². The van der Waals surface area contributed by atoms with Gasteiger partial charge in [-0.05, 0) is 39.8 Å². The quantitative estimate of drug-likeness (QED) is 0.422. The van der Waals surface area contributed by atoms with Crippen molar-refractivity contribution in [2.24, 2.45) is 0 Å². The maximum Gasteiger partial charge on any atom is 0.0339 e. The van der Waals surface area contributed by atoms with Gasteiger partial charge in [-0.25, -0.2) is 0 Å². The van der Waals surface area contributed by atoms with E-state index in [1.807, 2.05) is 0 Å². The van der Waals surface area contributed by atoms with E-state index >= 15 is 0 Å². The van der Waals surface area contributed by atoms with Crippen LogP contribution in [0.15, 0.2) is 48.5 Å². The van der Waals surface area contributed by atoms with Crippen LogP contribution in [0.5, 0.6) is 0 Å². The van der Waals surface area contributed by atoms with E-state index in [2.05, 4.69) is 71.1 Å². The highest BCUT2D eigenvalue weighted by atomic mass is 127. The minimum Gasteiger partial charge on any atom is -0.0777 e. The fraction of sp³-hybridized carbons (Fsp3) is 0.125. The molecule has 0 fully saturated rings. The van der Waals surface area contributed by atoms with E-state index < -0.39 is 0 Å². The third kappa shape index (κ3) is 1.29. The summed E-state index contributed by atoms with van der Waals surface area (Å²) in [6.45, 7) is 0. The van der Waals surface area contributed by atoms with Gasteiger partial charge in [-0.3, -0.25) is 0 Å². The molecule has 1 atom stereocenters. The maximum atomic E-state index is 2.54. The Labute approximate surface area is 115 Å². The van der Waals surface area contributed by atoms with Crippen LogP contribution < -0.4 is 0 Å². The molecule has 2 aliphatic carbocycles. The number of hydrogen-bond acceptors (Lipinski definition) is 0. The molecule has 0 spiro atoms. The monoisotopic (exact) mass is 330 g/mol. The lowest BCUT2D eigenvalue weighted by atomic mass is 9.90. The average molecular weight is 330 g/mol. The summed E-state index contributed by atoms with van der Waals surface area (Å²) in [7, 11) is 0. The molecule has 82 valence electrons. The summed E-state index contributed by atoms with van der Waals surface area (Å²) in [5.74, 6) is 0. The van der Waals surface area contributed by atoms with Gasteiger partial charge in [-0.1, -0.05) is 71.1 Å². The topological polar surface area (TPSA) is 0 Å². The molecule has 0 bridgehead atoms. The van der Waals surface area contributed by atoms with E-state index in [9.17, 15) is 0 Å². The summed E-state index contributed by atoms with van der Waals surface area (Å²) in [4.78, 5) is 0. The van der Waals surface area contributed by atoms with Gasteiger partial charge in [0.15, 0.2) is 0 Å². The number of halogens is 1. The standard InChI is InChI=1S/C16H11I/c17-11-8-10-4-3-7-14-12-5-1-2-6-13(12)15(9-11)16(10)14/h1-7,9,11H,8H2. The van der Waals surface area contributed by atoms with Crippen LogP contribution in [-0.4, -0.2) is 3.92 Å². The highest BCUT2D eigenvalue weighted by molar-refractivity contribution is 14.1. The fourth-order valence-corrected chi connectivity index (χ4v) is 3.86. The molecule has 2 aromatic carbocycles. The molecule has 0 aliphatic heterocycles. The Bertz CT molecular complexity index is 652. The van der Waals surface area contributed by atoms with Crippen molar-refractivity contribution in [1.82, 2.24) is 0 Å². The number of allylic oxidation sites excluding steroid dienone is 1. The Hall–Kier alpha value is -1.09. The Balaban J connectivity index is 2.15. The summed E-state index contributed by atoms with van der Waals surface area (Å²) in [5.41, 5.74) is 8.69. The maximum absolute atomic E-state index is 2.54. The summed E-state index contributed by atoms with van der Waals surface area (Å²) in [6, 6.07) is 15.5. The molecule has 1 unspecified atom stereocenters. The van der Waals surface area contributed by atoms with Crippen molar-refractivity contribution in [3.63, 3.8) is 0 Å². The molecule has 0 aromatic heterocycles. The van der Waals surface area contributed by atoms with Crippen LogP contribution in [0.25, 0.3) is 16.7 Å². The van der Waals surface area contributed by atoms with Gasteiger partial charge in [0.05, 0.1) is 0 Å². The number of alkyl halides is 1. The molecule has 0 radical (unpaired) electrons. The lowest BCUT2D eigenvalue weighted by Gasteiger charge is -2.18. The van der Waals surface area contributed by atoms with Crippen molar-refractivity contribution >= 4 is 28.2 Å². The van der Waals surface area contributed by atoms with E-state index in [0.717, 1.165) is 0 Å². The van der Waals surface area contributed by atoms with Crippen LogP contribution in [0.1, 0.15) is 16.7 Å². The van der Waals surface area contributed by atoms with E-state index in [0.29, 0.717) is 3.92 Å². The highest BCUT2D eigenvalue weighted by Gasteiger charge is 2.28. The van der Waals surface area contributed by atoms with Crippen LogP contribution in [0.3, 0.4) is 0 Å². The third-order valence-corrected chi connectivity index (χ3v) is 4.49. The first-order valence-corrected chi connectivity index (χ1v) is 7.17. The van der Waals surface area contributed by atoms with Crippen molar-refractivity contribution in [3.05, 3.63) is 65.2 Å². The first-order chi connectivity index (χ1) is 8.34. The first kappa shape index (κ1) is 9.89. The summed E-state index contributed by atoms with van der Waals surface area (Å²) >= 11 is 2.54. The lowest BCUT2D eigenvalue weighted by Crippen LogP contribution is -2.08. The largest absolute Gasteiger partial charge is 0.0777 e. The molecule has 0 amide bonds. The SMILES string of the molecule is IC1C=C2c3ccccc3-c3cccc(c32)C1. The average Bonchev–Trinajstić information content (AvgIpc) is 2.67. The third-order valence-electron chi connectivity index (χ3n) is 3.69. The summed E-state index contributed by atoms with van der Waals surface area (Å²) in [5, 5.41) is 0. The Morgan fingerprint density at radius 3 is 2.53 bits per heavy atom. The minimum absolute atomic E-state index is 0.622. The molecule has 0 saturated heterocycles. The molecular weight excluding hydrogens is 319 g/mol. The second kappa shape index (κ2) is 3.45. The predicted octanol–water partition coefficient (Wildman–Crippen LogP) is 4.46. The van der Waals surface area contributed by atoms with E-state index in [1.54, 1.807) is 0 Å². The van der Waals surface area contributed by atoms with Crippen LogP contribution in [0.4, 0.5) is 0 Å². The van der Waals surface area contributed by atoms with Gasteiger partial charge in [0.1, 0.15) is 0 Å². The van der Waals surface area contributed by atoms with Gasteiger partial charge in [-0.15, -0.1) is 0 Å². The summed E-state index contributed by atoms with van der Waals surface area (Å²) < 4.78 is 0.622. The van der Waals surface area contributed by atoms with E-state index in [-0.39, 0.29) is 0 Å². The number of hydrogen-bond donors (Lipinski definition) is 0. The number of fused-ring (bicyclic) bond motifs is 3. The molecule has 0 N–H and O–H groups in total. The lowest BCUT2D eigenvalue weighted by molar-refractivity contribution is 1.03.